The molecular weight excluding hydrogens is 564 g/mol. The Morgan fingerprint density at radius 1 is 1.13 bits per heavy atom. The van der Waals surface area contributed by atoms with E-state index in [1.54, 1.807) is 37.6 Å². The van der Waals surface area contributed by atoms with Crippen molar-refractivity contribution in [3.63, 3.8) is 0 Å². The van der Waals surface area contributed by atoms with E-state index in [-0.39, 0.29) is 11.6 Å². The molecule has 4 rings (SSSR count). The Morgan fingerprint density at radius 3 is 2.31 bits per heavy atom. The highest BCUT2D eigenvalue weighted by Crippen LogP contribution is 2.31. The molecule has 45 heavy (non-hydrogen) atoms. The van der Waals surface area contributed by atoms with Gasteiger partial charge in [0.1, 0.15) is 0 Å². The maximum atomic E-state index is 11.7. The number of aliphatic hydroxyl groups excluding tert-OH is 1. The van der Waals surface area contributed by atoms with Crippen LogP contribution in [0.2, 0.25) is 0 Å². The first-order valence-corrected chi connectivity index (χ1v) is 15.9. The number of hydrogen-bond acceptors (Lipinski definition) is 8. The van der Waals surface area contributed by atoms with Gasteiger partial charge in [-0.1, -0.05) is 24.6 Å². The maximum absolute atomic E-state index is 11.7. The van der Waals surface area contributed by atoms with E-state index >= 15 is 0 Å². The smallest absolute Gasteiger partial charge is 0.251 e. The first-order chi connectivity index (χ1) is 21.6. The fourth-order valence-electron chi connectivity index (χ4n) is 5.04. The molecule has 2 saturated heterocycles. The summed E-state index contributed by atoms with van der Waals surface area (Å²) in [5.41, 5.74) is 16.5. The monoisotopic (exact) mass is 620 g/mol. The van der Waals surface area contributed by atoms with Crippen molar-refractivity contribution in [1.82, 2.24) is 15.2 Å². The summed E-state index contributed by atoms with van der Waals surface area (Å²) in [5.74, 6) is 0.893. The van der Waals surface area contributed by atoms with Gasteiger partial charge in [-0.05, 0) is 109 Å². The fourth-order valence-corrected chi connectivity index (χ4v) is 5.04. The Hall–Kier alpha value is -4.00. The number of rotatable bonds is 9. The van der Waals surface area contributed by atoms with Crippen LogP contribution in [0, 0.1) is 19.8 Å². The van der Waals surface area contributed by atoms with Crippen LogP contribution >= 0.6 is 0 Å². The summed E-state index contributed by atoms with van der Waals surface area (Å²) in [6.45, 7) is 11.6. The van der Waals surface area contributed by atoms with Gasteiger partial charge in [-0.25, -0.2) is 4.98 Å². The number of ether oxygens (including phenoxy) is 1. The summed E-state index contributed by atoms with van der Waals surface area (Å²) in [6, 6.07) is 9.01. The molecule has 2 fully saturated rings. The van der Waals surface area contributed by atoms with Gasteiger partial charge in [0.2, 0.25) is 5.88 Å². The zero-order valence-corrected chi connectivity index (χ0v) is 28.1. The third kappa shape index (κ3) is 14.1. The summed E-state index contributed by atoms with van der Waals surface area (Å²) in [4.78, 5) is 18.2. The number of fused-ring (bicyclic) bond motifs is 1. The molecule has 0 atom stereocenters. The van der Waals surface area contributed by atoms with Crippen LogP contribution in [0.15, 0.2) is 60.0 Å². The van der Waals surface area contributed by atoms with Crippen molar-refractivity contribution in [2.45, 2.75) is 84.7 Å². The highest BCUT2D eigenvalue weighted by Gasteiger charge is 2.36. The number of nitrogens with zero attached hydrogens (tertiary/aromatic N) is 2. The number of carbonyl (C=O) groups excluding carboxylic acids is 1. The number of amides is 1. The molecule has 9 heteroatoms. The number of aliphatic hydroxyl groups is 1. The number of nitrogens with one attached hydrogen (secondary N) is 2. The number of terminal acetylenes is 1. The van der Waals surface area contributed by atoms with Crippen LogP contribution in [0.1, 0.15) is 88.1 Å². The number of pyridine rings is 1. The maximum Gasteiger partial charge on any atom is 0.251 e. The van der Waals surface area contributed by atoms with E-state index in [0.717, 1.165) is 17.7 Å². The molecule has 9 nitrogen and oxygen atoms in total. The number of hydrogen-bond donors (Lipinski definition) is 5. The van der Waals surface area contributed by atoms with E-state index in [2.05, 4.69) is 40.3 Å². The largest absolute Gasteiger partial charge is 0.512 e. The van der Waals surface area contributed by atoms with Crippen molar-refractivity contribution in [2.75, 3.05) is 44.3 Å². The lowest BCUT2D eigenvalue weighted by atomic mass is 9.87. The lowest BCUT2D eigenvalue weighted by Crippen LogP contribution is -2.60. The first-order valence-electron chi connectivity index (χ1n) is 15.9. The van der Waals surface area contributed by atoms with Gasteiger partial charge in [-0.2, -0.15) is 0 Å². The number of benzene rings is 1. The van der Waals surface area contributed by atoms with Crippen LogP contribution < -0.4 is 26.8 Å². The van der Waals surface area contributed by atoms with Crippen LogP contribution in [0.4, 0.5) is 11.4 Å². The van der Waals surface area contributed by atoms with Crippen molar-refractivity contribution in [3.05, 3.63) is 71.1 Å². The number of aryl methyl sites for hydroxylation is 1. The number of carbonyl (C=O) groups is 1. The molecule has 2 aromatic rings. The molecule has 248 valence electrons. The molecule has 0 bridgehead atoms. The summed E-state index contributed by atoms with van der Waals surface area (Å²) in [7, 11) is 1.62. The minimum Gasteiger partial charge on any atom is -0.512 e. The van der Waals surface area contributed by atoms with Crippen LogP contribution in [0.25, 0.3) is 0 Å². The minimum absolute atomic E-state index is 0.108. The second-order valence-corrected chi connectivity index (χ2v) is 11.2. The molecule has 7 N–H and O–H groups in total. The topological polar surface area (TPSA) is 139 Å². The zero-order valence-electron chi connectivity index (χ0n) is 28.1. The van der Waals surface area contributed by atoms with Crippen LogP contribution in [0.5, 0.6) is 5.88 Å². The summed E-state index contributed by atoms with van der Waals surface area (Å²) < 4.78 is 4.93. The van der Waals surface area contributed by atoms with Gasteiger partial charge in [-0.15, -0.1) is 12.8 Å². The van der Waals surface area contributed by atoms with Gasteiger partial charge in [0.15, 0.2) is 0 Å². The van der Waals surface area contributed by atoms with E-state index in [1.807, 2.05) is 39.0 Å². The molecule has 2 aliphatic heterocycles. The molecule has 0 aliphatic carbocycles. The molecule has 1 aromatic heterocycles. The molecule has 2 aliphatic rings. The van der Waals surface area contributed by atoms with E-state index in [4.69, 9.17) is 16.2 Å². The summed E-state index contributed by atoms with van der Waals surface area (Å²) >= 11 is 0. The SMILES string of the molecule is C#C.CCNC(=O)c1ccc(NCC/C(O)=C\C=C(\C)CC)c(N)c1.COc1ncccc1C.NC12CCCCN1CCCC2. The molecule has 1 amide bonds. The second kappa shape index (κ2) is 21.7. The van der Waals surface area contributed by atoms with E-state index < -0.39 is 0 Å². The lowest BCUT2D eigenvalue weighted by molar-refractivity contribution is 0.0167. The average molecular weight is 621 g/mol. The first kappa shape index (κ1) is 39.0. The van der Waals surface area contributed by atoms with E-state index in [0.29, 0.717) is 42.4 Å². The predicted molar refractivity (Wildman–Crippen MR) is 188 cm³/mol. The van der Waals surface area contributed by atoms with Crippen LogP contribution in [-0.2, 0) is 0 Å². The molecule has 1 aromatic carbocycles. The number of piperidine rings is 2. The Kier molecular flexibility index (Phi) is 18.8. The van der Waals surface area contributed by atoms with E-state index in [1.165, 1.54) is 57.2 Å². The average Bonchev–Trinajstić information content (AvgIpc) is 3.06. The molecule has 0 unspecified atom stereocenters. The van der Waals surface area contributed by atoms with Gasteiger partial charge in [0, 0.05) is 36.8 Å². The normalized spacial score (nSPS) is 15.7. The van der Waals surface area contributed by atoms with Gasteiger partial charge >= 0.3 is 0 Å². The number of anilines is 2. The van der Waals surface area contributed by atoms with Crippen molar-refractivity contribution >= 4 is 17.3 Å². The molecule has 3 heterocycles. The third-order valence-corrected chi connectivity index (χ3v) is 7.83. The Morgan fingerprint density at radius 2 is 1.80 bits per heavy atom. The van der Waals surface area contributed by atoms with Crippen molar-refractivity contribution in [2.24, 2.45) is 5.73 Å². The van der Waals surface area contributed by atoms with Crippen molar-refractivity contribution in [3.8, 4) is 18.7 Å². The van der Waals surface area contributed by atoms with Gasteiger partial charge in [0.25, 0.3) is 5.91 Å². The Labute approximate surface area is 271 Å². The molecular formula is C36H56N6O3. The molecule has 0 spiro atoms. The van der Waals surface area contributed by atoms with Crippen LogP contribution in [0.3, 0.4) is 0 Å². The number of aromatic nitrogens is 1. The Balaban J connectivity index is 0.000000376. The van der Waals surface area contributed by atoms with Gasteiger partial charge < -0.3 is 31.9 Å². The van der Waals surface area contributed by atoms with Gasteiger partial charge in [0.05, 0.1) is 29.9 Å². The Bertz CT molecular complexity index is 1230. The summed E-state index contributed by atoms with van der Waals surface area (Å²) in [6.07, 6.45) is 22.7. The number of nitrogen functional groups attached to an aromatic ring is 1. The van der Waals surface area contributed by atoms with Crippen molar-refractivity contribution in [1.29, 1.82) is 0 Å². The van der Waals surface area contributed by atoms with Gasteiger partial charge in [-0.3, -0.25) is 9.69 Å². The fraction of sp³-hybridized carbons (Fsp3) is 0.500. The van der Waals surface area contributed by atoms with Crippen LogP contribution in [-0.4, -0.2) is 59.8 Å². The highest BCUT2D eigenvalue weighted by atomic mass is 16.5. The zero-order chi connectivity index (χ0) is 33.7. The quantitative estimate of drug-likeness (QED) is 0.0917. The number of allylic oxidation sites excluding steroid dienone is 3. The number of methoxy groups -OCH3 is 1. The van der Waals surface area contributed by atoms with Crippen molar-refractivity contribution < 1.29 is 14.6 Å². The second-order valence-electron chi connectivity index (χ2n) is 11.2. The molecule has 0 saturated carbocycles. The minimum atomic E-state index is -0.135. The highest BCUT2D eigenvalue weighted by molar-refractivity contribution is 5.96. The number of nitrogens with two attached hydrogens (primary N) is 2. The predicted octanol–water partition coefficient (Wildman–Crippen LogP) is 6.58. The third-order valence-electron chi connectivity index (χ3n) is 7.83. The van der Waals surface area contributed by atoms with E-state index in [9.17, 15) is 9.90 Å². The molecule has 0 radical (unpaired) electrons. The standard InChI is InChI=1S/C18H27N3O2.C9H18N2.C7H9NO.C2H2/c1-4-13(3)6-8-15(22)10-11-21-17-9-7-14(12-16(17)19)18(23)20-5-2;10-9-5-1-3-7-11(9)8-4-2-6-9;1-6-4-3-5-8-7(6)9-2;1-2/h6-9,12,21-22H,4-5,10-11,19H2,1-3H3,(H,20,23);1-8,10H2;3-5H,1-2H3;1-2H/b13-6-,15-8+;;;. The lowest BCUT2D eigenvalue weighted by Gasteiger charge is -2.47. The summed E-state index contributed by atoms with van der Waals surface area (Å²) in [5, 5.41) is 15.7.